The Morgan fingerprint density at radius 3 is 0.421 bits per heavy atom. The van der Waals surface area contributed by atoms with E-state index in [0.717, 1.165) is 6.08 Å². The van der Waals surface area contributed by atoms with Crippen LogP contribution in [-0.4, -0.2) is 316 Å². The van der Waals surface area contributed by atoms with E-state index in [1.165, 1.54) is 0 Å². The van der Waals surface area contributed by atoms with Gasteiger partial charge >= 0.3 is 5.97 Å². The summed E-state index contributed by atoms with van der Waals surface area (Å²) in [6, 6.07) is 0. The maximum Gasteiger partial charge on any atom is 0.330 e. The molecule has 0 atom stereocenters. The van der Waals surface area contributed by atoms with Crippen molar-refractivity contribution in [2.45, 2.75) is 6.92 Å². The maximum absolute atomic E-state index is 10.9. The van der Waals surface area contributed by atoms with Crippen molar-refractivity contribution in [2.75, 3.05) is 311 Å². The van der Waals surface area contributed by atoms with Crippen LogP contribution >= 0.6 is 0 Å². The molecule has 76 heavy (non-hydrogen) atoms. The van der Waals surface area contributed by atoms with Gasteiger partial charge in [-0.3, -0.25) is 0 Å². The quantitative estimate of drug-likeness (QED) is 0.0471. The van der Waals surface area contributed by atoms with Crippen molar-refractivity contribution in [3.8, 4) is 0 Å². The fraction of sp³-hybridized carbons (Fsp3) is 0.941. The van der Waals surface area contributed by atoms with Crippen LogP contribution in [0.3, 0.4) is 0 Å². The molecule has 25 nitrogen and oxygen atoms in total. The highest BCUT2D eigenvalue weighted by atomic mass is 16.6. The zero-order valence-corrected chi connectivity index (χ0v) is 46.2. The molecule has 0 aliphatic rings. The van der Waals surface area contributed by atoms with E-state index in [-0.39, 0.29) is 6.61 Å². The van der Waals surface area contributed by atoms with E-state index in [2.05, 4.69) is 6.58 Å². The molecule has 0 aromatic carbocycles. The third-order valence-electron chi connectivity index (χ3n) is 9.03. The van der Waals surface area contributed by atoms with Crippen LogP contribution in [0.4, 0.5) is 0 Å². The van der Waals surface area contributed by atoms with Gasteiger partial charge in [0.1, 0.15) is 6.61 Å². The smallest absolute Gasteiger partial charge is 0.330 e. The first-order chi connectivity index (χ1) is 37.8. The molecule has 25 heteroatoms. The summed E-state index contributed by atoms with van der Waals surface area (Å²) in [7, 11) is 0. The molecule has 0 unspecified atom stereocenters. The second kappa shape index (κ2) is 71.3. The SMILES string of the molecule is C=CC(=O)OCCOCCOCCOCCOCCOCCOCCOCCOCCOCCOCCOCCOCCOCCOCCOCCOCCOCCOCCOCCOCCOCCOCCOCC. The van der Waals surface area contributed by atoms with E-state index in [1.807, 2.05) is 6.92 Å². The Morgan fingerprint density at radius 2 is 0.316 bits per heavy atom. The van der Waals surface area contributed by atoms with E-state index < -0.39 is 5.97 Å². The molecule has 454 valence electrons. The van der Waals surface area contributed by atoms with Crippen molar-refractivity contribution >= 4 is 5.97 Å². The van der Waals surface area contributed by atoms with E-state index in [0.29, 0.717) is 304 Å². The molecule has 0 saturated carbocycles. The zero-order chi connectivity index (χ0) is 54.5. The van der Waals surface area contributed by atoms with Gasteiger partial charge in [-0.2, -0.15) is 0 Å². The molecule has 0 saturated heterocycles. The van der Waals surface area contributed by atoms with Crippen LogP contribution in [0.5, 0.6) is 0 Å². The van der Waals surface area contributed by atoms with Crippen LogP contribution in [0.2, 0.25) is 0 Å². The molecule has 0 aromatic heterocycles. The van der Waals surface area contributed by atoms with Gasteiger partial charge in [0.15, 0.2) is 0 Å². The lowest BCUT2D eigenvalue weighted by Gasteiger charge is -2.09. The Balaban J connectivity index is 3.08. The minimum absolute atomic E-state index is 0.190. The topological polar surface area (TPSA) is 239 Å². The van der Waals surface area contributed by atoms with Crippen molar-refractivity contribution < 1.29 is 118 Å². The van der Waals surface area contributed by atoms with Gasteiger partial charge in [0.25, 0.3) is 0 Å². The number of hydrogen-bond donors (Lipinski definition) is 0. The molecular formula is C51H100O25. The monoisotopic (exact) mass is 1110 g/mol. The minimum Gasteiger partial charge on any atom is -0.460 e. The lowest BCUT2D eigenvalue weighted by molar-refractivity contribution is -0.139. The highest BCUT2D eigenvalue weighted by Gasteiger charge is 2.01. The van der Waals surface area contributed by atoms with E-state index in [4.69, 9.17) is 114 Å². The van der Waals surface area contributed by atoms with Gasteiger partial charge in [0.05, 0.1) is 297 Å². The summed E-state index contributed by atoms with van der Waals surface area (Å²) in [6.45, 7) is 28.2. The summed E-state index contributed by atoms with van der Waals surface area (Å²) >= 11 is 0. The van der Waals surface area contributed by atoms with Crippen LogP contribution in [0.25, 0.3) is 0 Å². The third-order valence-corrected chi connectivity index (χ3v) is 9.03. The fourth-order valence-electron chi connectivity index (χ4n) is 5.24. The molecule has 0 radical (unpaired) electrons. The summed E-state index contributed by atoms with van der Waals surface area (Å²) in [5.74, 6) is -0.465. The Labute approximate surface area is 453 Å². The molecule has 0 amide bonds. The average Bonchev–Trinajstić information content (AvgIpc) is 3.43. The van der Waals surface area contributed by atoms with Gasteiger partial charge in [-0.15, -0.1) is 0 Å². The highest BCUT2D eigenvalue weighted by Crippen LogP contribution is 1.91. The summed E-state index contributed by atoms with van der Waals surface area (Å²) in [5, 5.41) is 0. The van der Waals surface area contributed by atoms with Gasteiger partial charge in [0, 0.05) is 12.7 Å². The molecule has 0 bridgehead atoms. The number of carbonyl (C=O) groups excluding carboxylic acids is 1. The third kappa shape index (κ3) is 70.3. The van der Waals surface area contributed by atoms with Crippen molar-refractivity contribution in [2.24, 2.45) is 0 Å². The van der Waals surface area contributed by atoms with Gasteiger partial charge in [-0.1, -0.05) is 6.58 Å². The zero-order valence-electron chi connectivity index (χ0n) is 46.2. The first-order valence-electron chi connectivity index (χ1n) is 26.9. The van der Waals surface area contributed by atoms with Gasteiger partial charge in [-0.25, -0.2) is 4.79 Å². The lowest BCUT2D eigenvalue weighted by atomic mass is 10.6. The molecular weight excluding hydrogens is 1010 g/mol. The molecule has 0 aliphatic carbocycles. The number of carbonyl (C=O) groups is 1. The van der Waals surface area contributed by atoms with Gasteiger partial charge < -0.3 is 114 Å². The molecule has 0 aromatic rings. The molecule has 0 heterocycles. The van der Waals surface area contributed by atoms with Crippen LogP contribution in [0.1, 0.15) is 6.92 Å². The van der Waals surface area contributed by atoms with Crippen molar-refractivity contribution in [1.82, 2.24) is 0 Å². The lowest BCUT2D eigenvalue weighted by Crippen LogP contribution is -2.16. The Kier molecular flexibility index (Phi) is 69.7. The Bertz CT molecular complexity index is 1070. The van der Waals surface area contributed by atoms with Gasteiger partial charge in [0.2, 0.25) is 0 Å². The Hall–Kier alpha value is -1.71. The van der Waals surface area contributed by atoms with Crippen LogP contribution in [0.15, 0.2) is 12.7 Å². The van der Waals surface area contributed by atoms with Crippen LogP contribution < -0.4 is 0 Å². The van der Waals surface area contributed by atoms with E-state index >= 15 is 0 Å². The predicted octanol–water partition coefficient (Wildman–Crippen LogP) is 1.12. The summed E-state index contributed by atoms with van der Waals surface area (Å²) in [4.78, 5) is 10.9. The standard InChI is InChI=1S/C51H100O25/c1-3-51(52)76-50-49-75-48-47-74-46-45-73-44-43-72-42-41-71-40-39-70-38-37-69-36-35-68-34-33-67-32-31-66-30-29-65-28-27-64-26-25-63-24-23-62-22-21-61-20-19-60-18-17-59-16-15-58-14-13-57-12-11-56-10-9-55-8-7-54-6-5-53-4-2/h3H,1,4-50H2,2H3. The maximum atomic E-state index is 10.9. The van der Waals surface area contributed by atoms with Crippen LogP contribution in [-0.2, 0) is 118 Å². The normalized spacial score (nSPS) is 11.6. The van der Waals surface area contributed by atoms with E-state index in [9.17, 15) is 4.79 Å². The number of rotatable bonds is 71. The molecule has 0 aliphatic heterocycles. The molecule has 0 N–H and O–H groups in total. The molecule has 0 spiro atoms. The Morgan fingerprint density at radius 1 is 0.211 bits per heavy atom. The van der Waals surface area contributed by atoms with Crippen molar-refractivity contribution in [1.29, 1.82) is 0 Å². The fourth-order valence-corrected chi connectivity index (χ4v) is 5.24. The number of hydrogen-bond acceptors (Lipinski definition) is 25. The summed E-state index contributed by atoms with van der Waals surface area (Å²) < 4.78 is 130. The van der Waals surface area contributed by atoms with Crippen molar-refractivity contribution in [3.05, 3.63) is 12.7 Å². The summed E-state index contributed by atoms with van der Waals surface area (Å²) in [5.41, 5.74) is 0. The van der Waals surface area contributed by atoms with Crippen molar-refractivity contribution in [3.63, 3.8) is 0 Å². The second-order valence-electron chi connectivity index (χ2n) is 15.0. The average molecular weight is 1110 g/mol. The number of esters is 1. The molecule has 0 fully saturated rings. The largest absolute Gasteiger partial charge is 0.460 e. The van der Waals surface area contributed by atoms with Crippen LogP contribution in [0, 0.1) is 0 Å². The van der Waals surface area contributed by atoms with Gasteiger partial charge in [-0.05, 0) is 6.92 Å². The molecule has 0 rings (SSSR count). The second-order valence-corrected chi connectivity index (χ2v) is 15.0. The number of ether oxygens (including phenoxy) is 24. The highest BCUT2D eigenvalue weighted by molar-refractivity contribution is 5.81. The summed E-state index contributed by atoms with van der Waals surface area (Å²) in [6.07, 6.45) is 1.11. The van der Waals surface area contributed by atoms with E-state index in [1.54, 1.807) is 0 Å². The first kappa shape index (κ1) is 74.3. The first-order valence-corrected chi connectivity index (χ1v) is 26.9. The minimum atomic E-state index is -0.465. The predicted molar refractivity (Wildman–Crippen MR) is 276 cm³/mol.